The summed E-state index contributed by atoms with van der Waals surface area (Å²) in [5.74, 6) is 1.89. The number of ketones is 1. The molecule has 0 bridgehead atoms. The van der Waals surface area contributed by atoms with Crippen LogP contribution in [0.15, 0.2) is 11.6 Å². The molecule has 0 heterocycles. The monoisotopic (exact) mass is 448 g/mol. The SMILES string of the molecule is CC12CCC(O[Si](C)(C)C)CC1=CCC1C2C(=O)CC2(C)C(O[Si](C)(C)C)CCC12. The Morgan fingerprint density at radius 3 is 2.27 bits per heavy atom. The van der Waals surface area contributed by atoms with Crippen LogP contribution in [0, 0.1) is 28.6 Å². The van der Waals surface area contributed by atoms with Crippen LogP contribution in [0.2, 0.25) is 39.3 Å². The highest BCUT2D eigenvalue weighted by Gasteiger charge is 2.62. The first kappa shape index (κ1) is 22.9. The van der Waals surface area contributed by atoms with E-state index >= 15 is 0 Å². The molecule has 3 fully saturated rings. The summed E-state index contributed by atoms with van der Waals surface area (Å²) in [6.07, 6.45) is 10.6. The number of fused-ring (bicyclic) bond motifs is 5. The van der Waals surface area contributed by atoms with Crippen molar-refractivity contribution in [2.75, 3.05) is 0 Å². The Kier molecular flexibility index (Phi) is 5.65. The maximum atomic E-state index is 13.8. The fourth-order valence-electron chi connectivity index (χ4n) is 7.63. The van der Waals surface area contributed by atoms with Crippen LogP contribution in [0.3, 0.4) is 0 Å². The second-order valence-corrected chi connectivity index (χ2v) is 22.1. The largest absolute Gasteiger partial charge is 0.414 e. The molecular formula is C25H44O3Si2. The average Bonchev–Trinajstić information content (AvgIpc) is 2.88. The molecule has 3 nitrogen and oxygen atoms in total. The van der Waals surface area contributed by atoms with Crippen LogP contribution >= 0.6 is 0 Å². The van der Waals surface area contributed by atoms with Gasteiger partial charge in [0.25, 0.3) is 0 Å². The zero-order valence-electron chi connectivity index (χ0n) is 20.6. The number of rotatable bonds is 4. The summed E-state index contributed by atoms with van der Waals surface area (Å²) in [5, 5.41) is 0. The number of hydrogen-bond donors (Lipinski definition) is 0. The van der Waals surface area contributed by atoms with Crippen molar-refractivity contribution >= 4 is 22.4 Å². The van der Waals surface area contributed by atoms with E-state index in [2.05, 4.69) is 59.2 Å². The molecule has 3 saturated carbocycles. The van der Waals surface area contributed by atoms with E-state index in [0.29, 0.717) is 23.7 Å². The molecule has 0 aromatic heterocycles. The summed E-state index contributed by atoms with van der Waals surface area (Å²) >= 11 is 0. The molecule has 7 atom stereocenters. The molecule has 170 valence electrons. The smallest absolute Gasteiger partial charge is 0.184 e. The Balaban J connectivity index is 1.59. The van der Waals surface area contributed by atoms with Crippen LogP contribution < -0.4 is 0 Å². The summed E-state index contributed by atoms with van der Waals surface area (Å²) in [7, 11) is -3.15. The van der Waals surface area contributed by atoms with Gasteiger partial charge in [0.2, 0.25) is 0 Å². The van der Waals surface area contributed by atoms with E-state index in [0.717, 1.165) is 38.5 Å². The van der Waals surface area contributed by atoms with E-state index in [1.807, 2.05) is 0 Å². The fraction of sp³-hybridized carbons (Fsp3) is 0.880. The maximum Gasteiger partial charge on any atom is 0.184 e. The van der Waals surface area contributed by atoms with Crippen molar-refractivity contribution in [2.45, 2.75) is 110 Å². The first-order chi connectivity index (χ1) is 13.7. The molecule has 0 aromatic rings. The van der Waals surface area contributed by atoms with Crippen molar-refractivity contribution in [3.05, 3.63) is 11.6 Å². The van der Waals surface area contributed by atoms with Gasteiger partial charge in [0, 0.05) is 23.9 Å². The third-order valence-corrected chi connectivity index (χ3v) is 10.7. The molecule has 7 unspecified atom stereocenters. The average molecular weight is 449 g/mol. The second-order valence-electron chi connectivity index (χ2n) is 13.2. The highest BCUT2D eigenvalue weighted by atomic mass is 28.4. The minimum Gasteiger partial charge on any atom is -0.414 e. The van der Waals surface area contributed by atoms with Crippen molar-refractivity contribution in [1.82, 2.24) is 0 Å². The van der Waals surface area contributed by atoms with Crippen LogP contribution in [0.1, 0.15) is 58.8 Å². The van der Waals surface area contributed by atoms with Gasteiger partial charge in [-0.1, -0.05) is 25.5 Å². The molecule has 0 spiro atoms. The molecule has 0 aromatic carbocycles. The highest BCUT2D eigenvalue weighted by molar-refractivity contribution is 6.70. The predicted octanol–water partition coefficient (Wildman–Crippen LogP) is 6.57. The van der Waals surface area contributed by atoms with Gasteiger partial charge >= 0.3 is 0 Å². The van der Waals surface area contributed by atoms with Crippen molar-refractivity contribution in [2.24, 2.45) is 28.6 Å². The maximum absolute atomic E-state index is 13.8. The van der Waals surface area contributed by atoms with Crippen LogP contribution in [0.5, 0.6) is 0 Å². The summed E-state index contributed by atoms with van der Waals surface area (Å²) in [6.45, 7) is 18.5. The number of hydrogen-bond acceptors (Lipinski definition) is 3. The normalized spacial score (nSPS) is 44.2. The van der Waals surface area contributed by atoms with E-state index in [-0.39, 0.29) is 22.9 Å². The second kappa shape index (κ2) is 7.39. The van der Waals surface area contributed by atoms with Crippen LogP contribution in [-0.2, 0) is 13.6 Å². The first-order valence-electron chi connectivity index (χ1n) is 12.3. The van der Waals surface area contributed by atoms with E-state index in [1.165, 1.54) is 12.0 Å². The topological polar surface area (TPSA) is 35.5 Å². The fourth-order valence-corrected chi connectivity index (χ4v) is 10.1. The van der Waals surface area contributed by atoms with Crippen LogP contribution in [0.4, 0.5) is 0 Å². The molecule has 30 heavy (non-hydrogen) atoms. The van der Waals surface area contributed by atoms with Gasteiger partial charge in [0.1, 0.15) is 5.78 Å². The number of allylic oxidation sites excluding steroid dienone is 1. The number of carbonyl (C=O) groups is 1. The first-order valence-corrected chi connectivity index (χ1v) is 19.1. The quantitative estimate of drug-likeness (QED) is 0.360. The van der Waals surface area contributed by atoms with Crippen molar-refractivity contribution < 1.29 is 13.6 Å². The lowest BCUT2D eigenvalue weighted by Gasteiger charge is -2.57. The lowest BCUT2D eigenvalue weighted by Crippen LogP contribution is -2.56. The lowest BCUT2D eigenvalue weighted by atomic mass is 9.47. The van der Waals surface area contributed by atoms with Gasteiger partial charge in [-0.25, -0.2) is 0 Å². The van der Waals surface area contributed by atoms with Crippen LogP contribution in [-0.4, -0.2) is 34.6 Å². The van der Waals surface area contributed by atoms with Crippen molar-refractivity contribution in [3.8, 4) is 0 Å². The molecule has 0 N–H and O–H groups in total. The third-order valence-electron chi connectivity index (χ3n) is 8.68. The molecule has 0 amide bonds. The van der Waals surface area contributed by atoms with Gasteiger partial charge in [-0.15, -0.1) is 0 Å². The Labute approximate surface area is 186 Å². The summed E-state index contributed by atoms with van der Waals surface area (Å²) in [6, 6.07) is 0. The summed E-state index contributed by atoms with van der Waals surface area (Å²) in [4.78, 5) is 13.8. The third kappa shape index (κ3) is 3.97. The van der Waals surface area contributed by atoms with Gasteiger partial charge in [0.15, 0.2) is 16.6 Å². The van der Waals surface area contributed by atoms with E-state index in [4.69, 9.17) is 8.85 Å². The molecule has 4 rings (SSSR count). The molecular weight excluding hydrogens is 404 g/mol. The van der Waals surface area contributed by atoms with E-state index < -0.39 is 16.6 Å². The molecule has 4 aliphatic carbocycles. The minimum atomic E-state index is -1.62. The molecule has 0 radical (unpaired) electrons. The highest BCUT2D eigenvalue weighted by Crippen LogP contribution is 2.64. The zero-order valence-corrected chi connectivity index (χ0v) is 22.6. The van der Waals surface area contributed by atoms with Crippen LogP contribution in [0.25, 0.3) is 0 Å². The lowest BCUT2D eigenvalue weighted by molar-refractivity contribution is -0.146. The Morgan fingerprint density at radius 1 is 0.967 bits per heavy atom. The Morgan fingerprint density at radius 2 is 1.63 bits per heavy atom. The summed E-state index contributed by atoms with van der Waals surface area (Å²) in [5.41, 5.74) is 1.62. The van der Waals surface area contributed by atoms with Gasteiger partial charge in [-0.2, -0.15) is 0 Å². The van der Waals surface area contributed by atoms with Crippen molar-refractivity contribution in [3.63, 3.8) is 0 Å². The van der Waals surface area contributed by atoms with E-state index in [1.54, 1.807) is 0 Å². The van der Waals surface area contributed by atoms with E-state index in [9.17, 15) is 4.79 Å². The predicted molar refractivity (Wildman–Crippen MR) is 129 cm³/mol. The van der Waals surface area contributed by atoms with Gasteiger partial charge < -0.3 is 8.85 Å². The number of Topliss-reactive ketones (excluding diaryl/α,β-unsaturated/α-hetero) is 1. The van der Waals surface area contributed by atoms with Gasteiger partial charge in [0.05, 0.1) is 6.10 Å². The molecule has 5 heteroatoms. The minimum absolute atomic E-state index is 0.0401. The van der Waals surface area contributed by atoms with Gasteiger partial charge in [-0.05, 0) is 95.1 Å². The standard InChI is InChI=1S/C25H44O3Si2/c1-24-14-13-18(27-29(3,4)5)15-17(24)9-10-19-20-11-12-22(28-30(6,7)8)25(20,2)16-21(26)23(19)24/h9,18-20,22-23H,10-16H2,1-8H3. The zero-order chi connectivity index (χ0) is 22.1. The summed E-state index contributed by atoms with van der Waals surface area (Å²) < 4.78 is 13.1. The molecule has 4 aliphatic rings. The molecule has 0 aliphatic heterocycles. The van der Waals surface area contributed by atoms with Crippen molar-refractivity contribution in [1.29, 1.82) is 0 Å². The Hall–Kier alpha value is -0.236. The molecule has 0 saturated heterocycles. The number of carbonyl (C=O) groups excluding carboxylic acids is 1. The van der Waals surface area contributed by atoms with Gasteiger partial charge in [-0.3, -0.25) is 4.79 Å². The Bertz CT molecular complexity index is 734.